The third-order valence-corrected chi connectivity index (χ3v) is 5.73. The second-order valence-electron chi connectivity index (χ2n) is 9.16. The Morgan fingerprint density at radius 1 is 1.13 bits per heavy atom. The summed E-state index contributed by atoms with van der Waals surface area (Å²) in [5, 5.41) is 10.1. The van der Waals surface area contributed by atoms with Crippen LogP contribution < -0.4 is 5.56 Å². The maximum Gasteiger partial charge on any atom is 0.410 e. The Balaban J connectivity index is 1.77. The van der Waals surface area contributed by atoms with Crippen LogP contribution in [0.2, 0.25) is 0 Å². The molecule has 1 N–H and O–H groups in total. The molecule has 162 valence electrons. The van der Waals surface area contributed by atoms with Crippen molar-refractivity contribution < 1.29 is 14.6 Å². The van der Waals surface area contributed by atoms with E-state index in [0.717, 1.165) is 23.1 Å². The minimum absolute atomic E-state index is 0.0402. The number of amides is 1. The van der Waals surface area contributed by atoms with Gasteiger partial charge in [-0.3, -0.25) is 4.79 Å². The van der Waals surface area contributed by atoms with Crippen molar-refractivity contribution in [1.82, 2.24) is 9.47 Å². The van der Waals surface area contributed by atoms with E-state index in [0.29, 0.717) is 19.4 Å². The fourth-order valence-electron chi connectivity index (χ4n) is 4.39. The predicted molar refractivity (Wildman–Crippen MR) is 117 cm³/mol. The third kappa shape index (κ3) is 4.93. The summed E-state index contributed by atoms with van der Waals surface area (Å²) in [4.78, 5) is 26.2. The second-order valence-corrected chi connectivity index (χ2v) is 9.16. The van der Waals surface area contributed by atoms with Crippen LogP contribution in [-0.4, -0.2) is 38.4 Å². The van der Waals surface area contributed by atoms with Crippen LogP contribution >= 0.6 is 0 Å². The highest BCUT2D eigenvalue weighted by atomic mass is 16.6. The summed E-state index contributed by atoms with van der Waals surface area (Å²) in [7, 11) is 1.74. The number of rotatable bonds is 6. The lowest BCUT2D eigenvalue weighted by Crippen LogP contribution is -2.51. The van der Waals surface area contributed by atoms with Crippen molar-refractivity contribution in [2.45, 2.75) is 64.2 Å². The lowest BCUT2D eigenvalue weighted by atomic mass is 9.87. The Kier molecular flexibility index (Phi) is 6.09. The number of carbonyl (C=O) groups excluding carboxylic acids is 1. The largest absolute Gasteiger partial charge is 0.443 e. The molecule has 30 heavy (non-hydrogen) atoms. The van der Waals surface area contributed by atoms with Crippen LogP contribution in [0.5, 0.6) is 0 Å². The lowest BCUT2D eigenvalue weighted by Gasteiger charge is -2.44. The molecule has 1 aromatic carbocycles. The smallest absolute Gasteiger partial charge is 0.410 e. The van der Waals surface area contributed by atoms with Crippen molar-refractivity contribution in [2.75, 3.05) is 6.54 Å². The van der Waals surface area contributed by atoms with Gasteiger partial charge in [-0.15, -0.1) is 0 Å². The topological polar surface area (TPSA) is 71.8 Å². The number of aliphatic hydroxyl groups is 1. The van der Waals surface area contributed by atoms with Gasteiger partial charge in [-0.05, 0) is 49.9 Å². The fraction of sp³-hybridized carbons (Fsp3) is 0.500. The first-order chi connectivity index (χ1) is 14.0. The van der Waals surface area contributed by atoms with Gasteiger partial charge in [0.1, 0.15) is 5.60 Å². The van der Waals surface area contributed by atoms with Gasteiger partial charge in [0, 0.05) is 38.7 Å². The predicted octanol–water partition coefficient (Wildman–Crippen LogP) is 4.27. The van der Waals surface area contributed by atoms with E-state index in [-0.39, 0.29) is 17.7 Å². The summed E-state index contributed by atoms with van der Waals surface area (Å²) in [5.74, 6) is 0. The van der Waals surface area contributed by atoms with Crippen molar-refractivity contribution >= 4 is 6.09 Å². The Morgan fingerprint density at radius 3 is 2.30 bits per heavy atom. The molecule has 0 spiro atoms. The van der Waals surface area contributed by atoms with E-state index >= 15 is 0 Å². The van der Waals surface area contributed by atoms with E-state index in [2.05, 4.69) is 6.92 Å². The zero-order chi connectivity index (χ0) is 22.1. The molecular weight excluding hydrogens is 380 g/mol. The summed E-state index contributed by atoms with van der Waals surface area (Å²) in [5.41, 5.74) is 1.45. The lowest BCUT2D eigenvalue weighted by molar-refractivity contribution is -0.0870. The normalized spacial score (nSPS) is 20.7. The molecule has 0 unspecified atom stereocenters. The molecule has 0 radical (unpaired) electrons. The molecule has 3 rings (SSSR count). The van der Waals surface area contributed by atoms with Crippen LogP contribution in [0.25, 0.3) is 11.1 Å². The molecule has 0 saturated carbocycles. The average molecular weight is 413 g/mol. The number of hydrogen-bond acceptors (Lipinski definition) is 4. The number of hydrogen-bond donors (Lipinski definition) is 1. The highest BCUT2D eigenvalue weighted by molar-refractivity contribution is 5.70. The highest BCUT2D eigenvalue weighted by Gasteiger charge is 2.42. The zero-order valence-electron chi connectivity index (χ0n) is 18.5. The summed E-state index contributed by atoms with van der Waals surface area (Å²) in [6, 6.07) is 11.4. The van der Waals surface area contributed by atoms with Gasteiger partial charge in [0.25, 0.3) is 0 Å². The van der Waals surface area contributed by atoms with Crippen LogP contribution in [0.3, 0.4) is 0 Å². The molecule has 2 atom stereocenters. The molecule has 6 nitrogen and oxygen atoms in total. The maximum absolute atomic E-state index is 12.8. The first-order valence-corrected chi connectivity index (χ1v) is 10.5. The quantitative estimate of drug-likeness (QED) is 0.769. The Hall–Kier alpha value is -2.60. The molecular formula is C24H32N2O4. The van der Waals surface area contributed by atoms with Crippen molar-refractivity contribution in [3.05, 3.63) is 58.5 Å². The summed E-state index contributed by atoms with van der Waals surface area (Å²) in [6.45, 7) is 8.01. The number of pyridine rings is 1. The monoisotopic (exact) mass is 412 g/mol. The first kappa shape index (κ1) is 22.1. The molecule has 1 saturated heterocycles. The number of aryl methyl sites for hydroxylation is 1. The van der Waals surface area contributed by atoms with Gasteiger partial charge in [0.15, 0.2) is 0 Å². The molecule has 1 fully saturated rings. The number of cyclic esters (lactones) is 1. The maximum atomic E-state index is 12.8. The van der Waals surface area contributed by atoms with Gasteiger partial charge in [-0.2, -0.15) is 0 Å². The average Bonchev–Trinajstić information content (AvgIpc) is 2.65. The third-order valence-electron chi connectivity index (χ3n) is 5.73. The van der Waals surface area contributed by atoms with Crippen molar-refractivity contribution in [2.24, 2.45) is 7.05 Å². The Morgan fingerprint density at radius 2 is 1.77 bits per heavy atom. The Labute approximate surface area is 178 Å². The molecule has 1 amide bonds. The van der Waals surface area contributed by atoms with Crippen LogP contribution in [0.4, 0.5) is 4.79 Å². The number of benzene rings is 1. The van der Waals surface area contributed by atoms with E-state index in [9.17, 15) is 14.7 Å². The fourth-order valence-corrected chi connectivity index (χ4v) is 4.39. The minimum atomic E-state index is -0.891. The van der Waals surface area contributed by atoms with E-state index in [1.54, 1.807) is 36.4 Å². The molecule has 1 aliphatic heterocycles. The van der Waals surface area contributed by atoms with Crippen LogP contribution in [0.15, 0.2) is 47.4 Å². The SMILES string of the molecule is CC[C@@H](c1ccc(-c2ccc(=O)n(C)c2)cc1)N1CC[C@@](C)(CC(C)(C)O)OC1=O. The van der Waals surface area contributed by atoms with E-state index < -0.39 is 11.2 Å². The molecule has 1 aliphatic rings. The second kappa shape index (κ2) is 8.26. The Bertz CT molecular complexity index is 958. The minimum Gasteiger partial charge on any atom is -0.443 e. The molecule has 2 aromatic rings. The van der Waals surface area contributed by atoms with Crippen molar-refractivity contribution in [1.29, 1.82) is 0 Å². The molecule has 2 heterocycles. The number of ether oxygens (including phenoxy) is 1. The summed E-state index contributed by atoms with van der Waals surface area (Å²) in [6.07, 6.45) is 3.35. The zero-order valence-corrected chi connectivity index (χ0v) is 18.5. The first-order valence-electron chi connectivity index (χ1n) is 10.5. The van der Waals surface area contributed by atoms with Gasteiger partial charge in [0.05, 0.1) is 11.6 Å². The van der Waals surface area contributed by atoms with Gasteiger partial charge in [-0.25, -0.2) is 4.79 Å². The van der Waals surface area contributed by atoms with Crippen molar-refractivity contribution in [3.8, 4) is 11.1 Å². The number of aromatic nitrogens is 1. The van der Waals surface area contributed by atoms with Crippen LogP contribution in [0.1, 0.15) is 58.6 Å². The molecule has 0 aliphatic carbocycles. The van der Waals surface area contributed by atoms with E-state index in [1.807, 2.05) is 43.5 Å². The van der Waals surface area contributed by atoms with Crippen molar-refractivity contribution in [3.63, 3.8) is 0 Å². The summed E-state index contributed by atoms with van der Waals surface area (Å²) < 4.78 is 7.34. The molecule has 6 heteroatoms. The van der Waals surface area contributed by atoms with Gasteiger partial charge in [0.2, 0.25) is 5.56 Å². The standard InChI is InChI=1S/C24H32N2O4/c1-6-20(26-14-13-24(4,30-22(26)28)16-23(2,3)29)18-9-7-17(8-10-18)19-11-12-21(27)25(5)15-19/h7-12,15,20,29H,6,13-14,16H2,1-5H3/t20-,24-/m0/s1. The molecule has 1 aromatic heterocycles. The van der Waals surface area contributed by atoms with Crippen LogP contribution in [0, 0.1) is 0 Å². The highest BCUT2D eigenvalue weighted by Crippen LogP contribution is 2.36. The van der Waals surface area contributed by atoms with Gasteiger partial charge in [-0.1, -0.05) is 31.2 Å². The van der Waals surface area contributed by atoms with E-state index in [1.165, 1.54) is 0 Å². The van der Waals surface area contributed by atoms with Crippen LogP contribution in [-0.2, 0) is 11.8 Å². The van der Waals surface area contributed by atoms with Gasteiger partial charge < -0.3 is 19.3 Å². The number of carbonyl (C=O) groups is 1. The van der Waals surface area contributed by atoms with Gasteiger partial charge >= 0.3 is 6.09 Å². The molecule has 0 bridgehead atoms. The summed E-state index contributed by atoms with van der Waals surface area (Å²) >= 11 is 0. The number of nitrogens with zero attached hydrogens (tertiary/aromatic N) is 2. The van der Waals surface area contributed by atoms with E-state index in [4.69, 9.17) is 4.74 Å².